The number of nitrogens with one attached hydrogen (secondary N) is 2. The number of nitrogens with zero attached hydrogens (tertiary/aromatic N) is 2. The SMILES string of the molecule is CC(C)[C@H](N)C(=O)NCC(=O)NCc1cccnc1N(C)C. The molecule has 1 aromatic heterocycles. The van der Waals surface area contributed by atoms with Crippen molar-refractivity contribution < 1.29 is 9.59 Å². The highest BCUT2D eigenvalue weighted by Gasteiger charge is 2.17. The smallest absolute Gasteiger partial charge is 0.239 e. The summed E-state index contributed by atoms with van der Waals surface area (Å²) in [5, 5.41) is 5.29. The number of carbonyl (C=O) groups is 2. The first-order valence-electron chi connectivity index (χ1n) is 7.24. The van der Waals surface area contributed by atoms with E-state index < -0.39 is 6.04 Å². The van der Waals surface area contributed by atoms with E-state index in [-0.39, 0.29) is 24.3 Å². The number of pyridine rings is 1. The van der Waals surface area contributed by atoms with Gasteiger partial charge in [-0.25, -0.2) is 4.98 Å². The molecule has 1 heterocycles. The molecule has 0 aliphatic rings. The number of hydrogen-bond acceptors (Lipinski definition) is 5. The topological polar surface area (TPSA) is 100 Å². The molecule has 7 heteroatoms. The molecule has 4 N–H and O–H groups in total. The fourth-order valence-corrected chi connectivity index (χ4v) is 1.82. The van der Waals surface area contributed by atoms with Gasteiger partial charge < -0.3 is 21.3 Å². The first-order chi connectivity index (χ1) is 10.3. The zero-order valence-corrected chi connectivity index (χ0v) is 13.6. The van der Waals surface area contributed by atoms with E-state index >= 15 is 0 Å². The Morgan fingerprint density at radius 3 is 2.59 bits per heavy atom. The van der Waals surface area contributed by atoms with Gasteiger partial charge in [0.25, 0.3) is 0 Å². The van der Waals surface area contributed by atoms with Crippen molar-refractivity contribution in [3.63, 3.8) is 0 Å². The van der Waals surface area contributed by atoms with Crippen LogP contribution in [0.25, 0.3) is 0 Å². The van der Waals surface area contributed by atoms with E-state index in [0.717, 1.165) is 11.4 Å². The molecule has 0 fully saturated rings. The van der Waals surface area contributed by atoms with Crippen molar-refractivity contribution in [3.8, 4) is 0 Å². The minimum atomic E-state index is -0.605. The third-order valence-electron chi connectivity index (χ3n) is 3.21. The fourth-order valence-electron chi connectivity index (χ4n) is 1.82. The number of carbonyl (C=O) groups excluding carboxylic acids is 2. The maximum absolute atomic E-state index is 11.8. The predicted molar refractivity (Wildman–Crippen MR) is 86.2 cm³/mol. The van der Waals surface area contributed by atoms with Gasteiger partial charge in [0.2, 0.25) is 11.8 Å². The van der Waals surface area contributed by atoms with Gasteiger partial charge in [0, 0.05) is 32.4 Å². The molecule has 0 saturated heterocycles. The Labute approximate surface area is 131 Å². The summed E-state index contributed by atoms with van der Waals surface area (Å²) in [6.07, 6.45) is 1.70. The summed E-state index contributed by atoms with van der Waals surface area (Å²) in [4.78, 5) is 29.6. The average Bonchev–Trinajstić information content (AvgIpc) is 2.49. The zero-order chi connectivity index (χ0) is 16.7. The lowest BCUT2D eigenvalue weighted by Crippen LogP contribution is -2.47. The number of aromatic nitrogens is 1. The Morgan fingerprint density at radius 2 is 2.00 bits per heavy atom. The van der Waals surface area contributed by atoms with Crippen molar-refractivity contribution in [3.05, 3.63) is 23.9 Å². The summed E-state index contributed by atoms with van der Waals surface area (Å²) in [5.41, 5.74) is 6.62. The van der Waals surface area contributed by atoms with Crippen molar-refractivity contribution >= 4 is 17.6 Å². The second kappa shape index (κ2) is 8.33. The van der Waals surface area contributed by atoms with Crippen LogP contribution in [0.5, 0.6) is 0 Å². The maximum atomic E-state index is 11.8. The van der Waals surface area contributed by atoms with Crippen molar-refractivity contribution in [1.82, 2.24) is 15.6 Å². The van der Waals surface area contributed by atoms with Gasteiger partial charge in [-0.2, -0.15) is 0 Å². The van der Waals surface area contributed by atoms with Crippen LogP contribution in [0.15, 0.2) is 18.3 Å². The van der Waals surface area contributed by atoms with Gasteiger partial charge in [-0.1, -0.05) is 19.9 Å². The van der Waals surface area contributed by atoms with Crippen LogP contribution in [0.4, 0.5) is 5.82 Å². The van der Waals surface area contributed by atoms with Gasteiger partial charge in [-0.3, -0.25) is 9.59 Å². The van der Waals surface area contributed by atoms with Crippen molar-refractivity contribution in [2.24, 2.45) is 11.7 Å². The maximum Gasteiger partial charge on any atom is 0.239 e. The molecule has 122 valence electrons. The van der Waals surface area contributed by atoms with E-state index in [0.29, 0.717) is 6.54 Å². The quantitative estimate of drug-likeness (QED) is 0.651. The Bertz CT molecular complexity index is 516. The van der Waals surface area contributed by atoms with E-state index in [1.54, 1.807) is 6.20 Å². The first kappa shape index (κ1) is 17.9. The standard InChI is InChI=1S/C15H25N5O2/c1-10(2)13(16)15(22)19-9-12(21)18-8-11-6-5-7-17-14(11)20(3)4/h5-7,10,13H,8-9,16H2,1-4H3,(H,18,21)(H,19,22)/t13-/m0/s1. The fraction of sp³-hybridized carbons (Fsp3) is 0.533. The van der Waals surface area contributed by atoms with Crippen LogP contribution in [0.1, 0.15) is 19.4 Å². The third kappa shape index (κ3) is 5.33. The molecule has 0 unspecified atom stereocenters. The Balaban J connectivity index is 2.46. The molecule has 0 aliphatic carbocycles. The average molecular weight is 307 g/mol. The molecule has 0 radical (unpaired) electrons. The molecule has 0 saturated carbocycles. The highest BCUT2D eigenvalue weighted by Crippen LogP contribution is 2.13. The molecule has 1 aromatic rings. The van der Waals surface area contributed by atoms with E-state index in [9.17, 15) is 9.59 Å². The number of hydrogen-bond donors (Lipinski definition) is 3. The van der Waals surface area contributed by atoms with E-state index in [2.05, 4.69) is 15.6 Å². The monoisotopic (exact) mass is 307 g/mol. The summed E-state index contributed by atoms with van der Waals surface area (Å²) < 4.78 is 0. The Kier molecular flexibility index (Phi) is 6.78. The summed E-state index contributed by atoms with van der Waals surface area (Å²) in [6.45, 7) is 3.98. The number of amides is 2. The summed E-state index contributed by atoms with van der Waals surface area (Å²) >= 11 is 0. The minimum absolute atomic E-state index is 0.0288. The lowest BCUT2D eigenvalue weighted by Gasteiger charge is -2.17. The molecular formula is C15H25N5O2. The van der Waals surface area contributed by atoms with Crippen LogP contribution in [0, 0.1) is 5.92 Å². The molecule has 0 spiro atoms. The summed E-state index contributed by atoms with van der Waals surface area (Å²) in [7, 11) is 3.78. The van der Waals surface area contributed by atoms with Crippen molar-refractivity contribution in [2.45, 2.75) is 26.4 Å². The van der Waals surface area contributed by atoms with Gasteiger partial charge in [0.15, 0.2) is 0 Å². The predicted octanol–water partition coefficient (Wildman–Crippen LogP) is -0.137. The van der Waals surface area contributed by atoms with E-state index in [1.165, 1.54) is 0 Å². The van der Waals surface area contributed by atoms with Crippen molar-refractivity contribution in [2.75, 3.05) is 25.5 Å². The van der Waals surface area contributed by atoms with E-state index in [1.807, 2.05) is 45.0 Å². The molecule has 1 rings (SSSR count). The summed E-state index contributed by atoms with van der Waals surface area (Å²) in [6, 6.07) is 3.11. The first-order valence-corrected chi connectivity index (χ1v) is 7.24. The highest BCUT2D eigenvalue weighted by molar-refractivity contribution is 5.87. The normalized spacial score (nSPS) is 11.9. The molecule has 7 nitrogen and oxygen atoms in total. The lowest BCUT2D eigenvalue weighted by atomic mass is 10.1. The van der Waals surface area contributed by atoms with Crippen LogP contribution in [0.3, 0.4) is 0 Å². The lowest BCUT2D eigenvalue weighted by molar-refractivity contribution is -0.127. The third-order valence-corrected chi connectivity index (χ3v) is 3.21. The minimum Gasteiger partial charge on any atom is -0.362 e. The van der Waals surface area contributed by atoms with Crippen molar-refractivity contribution in [1.29, 1.82) is 0 Å². The van der Waals surface area contributed by atoms with Crippen LogP contribution < -0.4 is 21.3 Å². The van der Waals surface area contributed by atoms with Crippen LogP contribution >= 0.6 is 0 Å². The van der Waals surface area contributed by atoms with Crippen LogP contribution in [0.2, 0.25) is 0 Å². The van der Waals surface area contributed by atoms with Gasteiger partial charge in [0.05, 0.1) is 12.6 Å². The van der Waals surface area contributed by atoms with Crippen LogP contribution in [-0.2, 0) is 16.1 Å². The van der Waals surface area contributed by atoms with Gasteiger partial charge in [-0.15, -0.1) is 0 Å². The molecule has 0 aliphatic heterocycles. The second-order valence-electron chi connectivity index (χ2n) is 5.64. The molecule has 0 aromatic carbocycles. The molecule has 0 bridgehead atoms. The van der Waals surface area contributed by atoms with Gasteiger partial charge >= 0.3 is 0 Å². The second-order valence-corrected chi connectivity index (χ2v) is 5.64. The number of anilines is 1. The Hall–Kier alpha value is -2.15. The summed E-state index contributed by atoms with van der Waals surface area (Å²) in [5.74, 6) is 0.244. The zero-order valence-electron chi connectivity index (χ0n) is 13.6. The molecule has 2 amide bonds. The highest BCUT2D eigenvalue weighted by atomic mass is 16.2. The molecule has 1 atom stereocenters. The van der Waals surface area contributed by atoms with Crippen LogP contribution in [-0.4, -0.2) is 43.5 Å². The van der Waals surface area contributed by atoms with Gasteiger partial charge in [-0.05, 0) is 12.0 Å². The molecular weight excluding hydrogens is 282 g/mol. The van der Waals surface area contributed by atoms with E-state index in [4.69, 9.17) is 5.73 Å². The van der Waals surface area contributed by atoms with Gasteiger partial charge in [0.1, 0.15) is 5.82 Å². The number of rotatable bonds is 7. The largest absolute Gasteiger partial charge is 0.362 e. The Morgan fingerprint density at radius 1 is 1.32 bits per heavy atom. The number of nitrogens with two attached hydrogens (primary N) is 1. The molecule has 22 heavy (non-hydrogen) atoms.